The lowest BCUT2D eigenvalue weighted by atomic mass is 10.0. The van der Waals surface area contributed by atoms with E-state index in [4.69, 9.17) is 4.74 Å². The van der Waals surface area contributed by atoms with Crippen LogP contribution in [0.15, 0.2) is 0 Å². The average molecular weight is 213 g/mol. The van der Waals surface area contributed by atoms with Crippen LogP contribution < -0.4 is 5.32 Å². The number of nitrogens with one attached hydrogen (secondary N) is 1. The lowest BCUT2D eigenvalue weighted by molar-refractivity contribution is 0.121. The Morgan fingerprint density at radius 2 is 2.00 bits per heavy atom. The maximum atomic E-state index is 9.65. The van der Waals surface area contributed by atoms with E-state index in [1.54, 1.807) is 0 Å². The van der Waals surface area contributed by atoms with Crippen molar-refractivity contribution in [2.24, 2.45) is 5.92 Å². The van der Waals surface area contributed by atoms with Gasteiger partial charge in [-0.25, -0.2) is 0 Å². The van der Waals surface area contributed by atoms with Crippen molar-refractivity contribution in [3.8, 4) is 0 Å². The highest BCUT2D eigenvalue weighted by atomic mass is 16.5. The van der Waals surface area contributed by atoms with E-state index in [1.165, 1.54) is 32.1 Å². The summed E-state index contributed by atoms with van der Waals surface area (Å²) in [6.07, 6.45) is 6.22. The molecule has 0 bridgehead atoms. The maximum Gasteiger partial charge on any atom is 0.0948 e. The van der Waals surface area contributed by atoms with Gasteiger partial charge in [-0.3, -0.25) is 0 Å². The standard InChI is InChI=1S/C12H23NO2/c1-9-3-2-4-10(6-5-9)13-11-7-15-8-12(11)14/h9-14H,2-8H2,1H3. The minimum absolute atomic E-state index is 0.170. The second kappa shape index (κ2) is 5.28. The minimum atomic E-state index is -0.300. The Hall–Kier alpha value is -0.120. The van der Waals surface area contributed by atoms with Crippen LogP contribution >= 0.6 is 0 Å². The summed E-state index contributed by atoms with van der Waals surface area (Å²) in [5.41, 5.74) is 0. The molecule has 1 heterocycles. The average Bonchev–Trinajstić information content (AvgIpc) is 2.48. The van der Waals surface area contributed by atoms with Crippen LogP contribution in [0.25, 0.3) is 0 Å². The molecule has 0 amide bonds. The quantitative estimate of drug-likeness (QED) is 0.679. The molecule has 0 aromatic heterocycles. The van der Waals surface area contributed by atoms with Crippen LogP contribution in [-0.2, 0) is 4.74 Å². The first-order valence-corrected chi connectivity index (χ1v) is 6.27. The Bertz CT molecular complexity index is 198. The first-order valence-electron chi connectivity index (χ1n) is 6.27. The highest BCUT2D eigenvalue weighted by Crippen LogP contribution is 2.23. The van der Waals surface area contributed by atoms with Gasteiger partial charge in [0.15, 0.2) is 0 Å². The van der Waals surface area contributed by atoms with Crippen LogP contribution in [0.3, 0.4) is 0 Å². The second-order valence-electron chi connectivity index (χ2n) is 5.19. The lowest BCUT2D eigenvalue weighted by Gasteiger charge is -2.22. The van der Waals surface area contributed by atoms with Crippen LogP contribution in [0.1, 0.15) is 39.0 Å². The van der Waals surface area contributed by atoms with Crippen molar-refractivity contribution in [2.45, 2.75) is 57.2 Å². The van der Waals surface area contributed by atoms with Gasteiger partial charge in [0.2, 0.25) is 0 Å². The van der Waals surface area contributed by atoms with Gasteiger partial charge >= 0.3 is 0 Å². The molecular formula is C12H23NO2. The zero-order chi connectivity index (χ0) is 10.7. The summed E-state index contributed by atoms with van der Waals surface area (Å²) in [6.45, 7) is 3.52. The molecule has 2 fully saturated rings. The molecule has 0 spiro atoms. The van der Waals surface area contributed by atoms with Crippen LogP contribution in [0.5, 0.6) is 0 Å². The molecule has 3 nitrogen and oxygen atoms in total. The Morgan fingerprint density at radius 3 is 2.73 bits per heavy atom. The van der Waals surface area contributed by atoms with E-state index < -0.39 is 0 Å². The van der Waals surface area contributed by atoms with Crippen molar-refractivity contribution in [1.29, 1.82) is 0 Å². The molecule has 88 valence electrons. The predicted molar refractivity (Wildman–Crippen MR) is 59.8 cm³/mol. The number of aliphatic hydroxyl groups is 1. The van der Waals surface area contributed by atoms with Crippen molar-refractivity contribution < 1.29 is 9.84 Å². The molecule has 2 aliphatic rings. The zero-order valence-corrected chi connectivity index (χ0v) is 9.61. The summed E-state index contributed by atoms with van der Waals surface area (Å²) < 4.78 is 5.25. The summed E-state index contributed by atoms with van der Waals surface area (Å²) in [5, 5.41) is 13.2. The lowest BCUT2D eigenvalue weighted by Crippen LogP contribution is -2.44. The van der Waals surface area contributed by atoms with Gasteiger partial charge in [-0.1, -0.05) is 19.8 Å². The van der Waals surface area contributed by atoms with Gasteiger partial charge in [0, 0.05) is 6.04 Å². The molecule has 4 unspecified atom stereocenters. The van der Waals surface area contributed by atoms with Gasteiger partial charge in [-0.2, -0.15) is 0 Å². The molecule has 1 saturated carbocycles. The van der Waals surface area contributed by atoms with Crippen LogP contribution in [0.4, 0.5) is 0 Å². The van der Waals surface area contributed by atoms with Crippen molar-refractivity contribution >= 4 is 0 Å². The van der Waals surface area contributed by atoms with Gasteiger partial charge < -0.3 is 15.2 Å². The third-order valence-electron chi connectivity index (χ3n) is 3.76. The molecule has 15 heavy (non-hydrogen) atoms. The van der Waals surface area contributed by atoms with Crippen molar-refractivity contribution in [1.82, 2.24) is 5.32 Å². The van der Waals surface area contributed by atoms with Gasteiger partial charge in [0.25, 0.3) is 0 Å². The van der Waals surface area contributed by atoms with E-state index in [0.717, 1.165) is 5.92 Å². The fraction of sp³-hybridized carbons (Fsp3) is 1.00. The maximum absolute atomic E-state index is 9.65. The Kier molecular flexibility index (Phi) is 4.00. The fourth-order valence-corrected chi connectivity index (χ4v) is 2.66. The SMILES string of the molecule is CC1CCCC(NC2COCC2O)CC1. The van der Waals surface area contributed by atoms with Gasteiger partial charge in [-0.15, -0.1) is 0 Å². The number of rotatable bonds is 2. The van der Waals surface area contributed by atoms with Crippen molar-refractivity contribution in [3.63, 3.8) is 0 Å². The van der Waals surface area contributed by atoms with E-state index >= 15 is 0 Å². The topological polar surface area (TPSA) is 41.5 Å². The molecule has 0 radical (unpaired) electrons. The van der Waals surface area contributed by atoms with Crippen LogP contribution in [-0.4, -0.2) is 36.5 Å². The normalized spacial score (nSPS) is 42.8. The summed E-state index contributed by atoms with van der Waals surface area (Å²) >= 11 is 0. The number of aliphatic hydroxyl groups excluding tert-OH is 1. The number of hydrogen-bond donors (Lipinski definition) is 2. The van der Waals surface area contributed by atoms with E-state index in [2.05, 4.69) is 12.2 Å². The minimum Gasteiger partial charge on any atom is -0.389 e. The summed E-state index contributed by atoms with van der Waals surface area (Å²) in [4.78, 5) is 0. The Morgan fingerprint density at radius 1 is 1.13 bits per heavy atom. The molecule has 4 atom stereocenters. The molecule has 2 N–H and O–H groups in total. The van der Waals surface area contributed by atoms with Crippen molar-refractivity contribution in [3.05, 3.63) is 0 Å². The number of hydrogen-bond acceptors (Lipinski definition) is 3. The molecule has 3 heteroatoms. The number of ether oxygens (including phenoxy) is 1. The van der Waals surface area contributed by atoms with E-state index in [-0.39, 0.29) is 12.1 Å². The summed E-state index contributed by atoms with van der Waals surface area (Å²) in [6, 6.07) is 0.764. The highest BCUT2D eigenvalue weighted by molar-refractivity contribution is 4.85. The molecule has 1 aliphatic carbocycles. The van der Waals surface area contributed by atoms with Gasteiger partial charge in [0.1, 0.15) is 0 Å². The monoisotopic (exact) mass is 213 g/mol. The van der Waals surface area contributed by atoms with E-state index in [0.29, 0.717) is 19.3 Å². The summed E-state index contributed by atoms with van der Waals surface area (Å²) in [7, 11) is 0. The van der Waals surface area contributed by atoms with E-state index in [1.807, 2.05) is 0 Å². The molecule has 1 aliphatic heterocycles. The molecule has 0 aromatic carbocycles. The third-order valence-corrected chi connectivity index (χ3v) is 3.76. The first-order chi connectivity index (χ1) is 7.25. The predicted octanol–water partition coefficient (Wildman–Crippen LogP) is 1.30. The summed E-state index contributed by atoms with van der Waals surface area (Å²) in [5.74, 6) is 0.876. The van der Waals surface area contributed by atoms with Crippen LogP contribution in [0.2, 0.25) is 0 Å². The Balaban J connectivity index is 1.78. The largest absolute Gasteiger partial charge is 0.389 e. The first kappa shape index (κ1) is 11.4. The van der Waals surface area contributed by atoms with Crippen molar-refractivity contribution in [2.75, 3.05) is 13.2 Å². The third kappa shape index (κ3) is 3.16. The highest BCUT2D eigenvalue weighted by Gasteiger charge is 2.28. The molecular weight excluding hydrogens is 190 g/mol. The second-order valence-corrected chi connectivity index (χ2v) is 5.19. The smallest absolute Gasteiger partial charge is 0.0948 e. The van der Waals surface area contributed by atoms with Gasteiger partial charge in [0.05, 0.1) is 25.4 Å². The van der Waals surface area contributed by atoms with E-state index in [9.17, 15) is 5.11 Å². The van der Waals surface area contributed by atoms with Gasteiger partial charge in [-0.05, 0) is 25.2 Å². The Labute approximate surface area is 92.2 Å². The molecule has 2 rings (SSSR count). The fourth-order valence-electron chi connectivity index (χ4n) is 2.66. The molecule has 0 aromatic rings. The zero-order valence-electron chi connectivity index (χ0n) is 9.61. The van der Waals surface area contributed by atoms with Crippen LogP contribution in [0, 0.1) is 5.92 Å². The molecule has 1 saturated heterocycles.